The number of anilines is 2. The summed E-state index contributed by atoms with van der Waals surface area (Å²) in [7, 11) is -7.95. The average Bonchev–Trinajstić information content (AvgIpc) is 2.99. The van der Waals surface area contributed by atoms with Crippen LogP contribution in [0.25, 0.3) is 11.1 Å². The summed E-state index contributed by atoms with van der Waals surface area (Å²) in [5.74, 6) is -0.929. The Morgan fingerprint density at radius 3 is 1.61 bits per heavy atom. The maximum atomic E-state index is 13.2. The minimum absolute atomic E-state index is 0.00806. The minimum Gasteiger partial charge on any atom is -0.478 e. The first-order valence-electron chi connectivity index (χ1n) is 13.3. The normalized spacial score (nSPS) is 11.5. The Balaban J connectivity index is 1.46. The van der Waals surface area contributed by atoms with E-state index in [-0.39, 0.29) is 26.8 Å². The number of benzene rings is 5. The summed E-state index contributed by atoms with van der Waals surface area (Å²) in [5.41, 5.74) is 2.92. The van der Waals surface area contributed by atoms with Crippen molar-refractivity contribution in [1.29, 1.82) is 0 Å². The van der Waals surface area contributed by atoms with Crippen molar-refractivity contribution in [1.82, 2.24) is 0 Å². The van der Waals surface area contributed by atoms with Gasteiger partial charge in [-0.15, -0.1) is 0 Å². The first-order chi connectivity index (χ1) is 20.9. The fourth-order valence-corrected chi connectivity index (χ4v) is 6.52. The van der Waals surface area contributed by atoms with E-state index in [0.717, 1.165) is 11.1 Å². The van der Waals surface area contributed by atoms with E-state index in [1.807, 2.05) is 44.2 Å². The molecule has 11 heteroatoms. The van der Waals surface area contributed by atoms with Crippen molar-refractivity contribution in [3.8, 4) is 22.6 Å². The number of aromatic carboxylic acids is 1. The van der Waals surface area contributed by atoms with Crippen LogP contribution in [0.3, 0.4) is 0 Å². The number of ether oxygens (including phenoxy) is 1. The largest absolute Gasteiger partial charge is 0.478 e. The Kier molecular flexibility index (Phi) is 8.43. The molecule has 9 nitrogen and oxygen atoms in total. The predicted molar refractivity (Wildman–Crippen MR) is 169 cm³/mol. The van der Waals surface area contributed by atoms with E-state index in [2.05, 4.69) is 9.44 Å². The Labute approximate surface area is 255 Å². The first-order valence-corrected chi connectivity index (χ1v) is 16.3. The SMILES string of the molecule is Cc1ccc(S(=O)(=O)Nc2ccc(Oc3ccc(NS(=O)(=O)c4ccc(C)cc4)c(-c4ccccc4)c3)cc2C(=O)O)cc1. The van der Waals surface area contributed by atoms with Gasteiger partial charge >= 0.3 is 5.97 Å². The number of carbonyl (C=O) groups is 1. The Hall–Kier alpha value is -5.13. The molecule has 5 rings (SSSR count). The van der Waals surface area contributed by atoms with Crippen LogP contribution in [0.15, 0.2) is 125 Å². The van der Waals surface area contributed by atoms with Crippen LogP contribution < -0.4 is 14.2 Å². The van der Waals surface area contributed by atoms with Gasteiger partial charge in [0.05, 0.1) is 26.7 Å². The van der Waals surface area contributed by atoms with E-state index in [1.54, 1.807) is 42.5 Å². The highest BCUT2D eigenvalue weighted by Crippen LogP contribution is 2.36. The highest BCUT2D eigenvalue weighted by molar-refractivity contribution is 7.93. The third-order valence-electron chi connectivity index (χ3n) is 6.68. The van der Waals surface area contributed by atoms with Gasteiger partial charge in [-0.3, -0.25) is 9.44 Å². The van der Waals surface area contributed by atoms with Gasteiger partial charge < -0.3 is 9.84 Å². The maximum absolute atomic E-state index is 13.2. The molecule has 0 spiro atoms. The molecule has 0 aromatic heterocycles. The van der Waals surface area contributed by atoms with Gasteiger partial charge in [-0.1, -0.05) is 65.7 Å². The summed E-state index contributed by atoms with van der Waals surface area (Å²) >= 11 is 0. The molecule has 5 aromatic carbocycles. The highest BCUT2D eigenvalue weighted by Gasteiger charge is 2.21. The smallest absolute Gasteiger partial charge is 0.337 e. The van der Waals surface area contributed by atoms with Gasteiger partial charge in [-0.25, -0.2) is 21.6 Å². The summed E-state index contributed by atoms with van der Waals surface area (Å²) in [6.45, 7) is 3.69. The molecule has 0 saturated heterocycles. The molecule has 0 atom stereocenters. The van der Waals surface area contributed by atoms with Crippen molar-refractivity contribution < 1.29 is 31.5 Å². The number of carboxylic acids is 1. The molecule has 0 saturated carbocycles. The molecule has 0 heterocycles. The van der Waals surface area contributed by atoms with Crippen LogP contribution in [0, 0.1) is 13.8 Å². The van der Waals surface area contributed by atoms with Crippen LogP contribution in [-0.2, 0) is 20.0 Å². The first kappa shape index (κ1) is 30.3. The number of hydrogen-bond acceptors (Lipinski definition) is 6. The second-order valence-electron chi connectivity index (χ2n) is 10.0. The second kappa shape index (κ2) is 12.2. The lowest BCUT2D eigenvalue weighted by Crippen LogP contribution is -2.15. The molecule has 0 aliphatic heterocycles. The molecule has 5 aromatic rings. The van der Waals surface area contributed by atoms with Crippen molar-refractivity contribution in [3.05, 3.63) is 132 Å². The van der Waals surface area contributed by atoms with Gasteiger partial charge in [0.1, 0.15) is 11.5 Å². The van der Waals surface area contributed by atoms with Crippen molar-refractivity contribution in [2.45, 2.75) is 23.6 Å². The van der Waals surface area contributed by atoms with Crippen LogP contribution in [0.2, 0.25) is 0 Å². The Bertz CT molecular complexity index is 2040. The van der Waals surface area contributed by atoms with E-state index in [0.29, 0.717) is 22.6 Å². The Morgan fingerprint density at radius 2 is 1.09 bits per heavy atom. The van der Waals surface area contributed by atoms with E-state index < -0.39 is 26.0 Å². The van der Waals surface area contributed by atoms with Gasteiger partial charge in [-0.05, 0) is 80.1 Å². The minimum atomic E-state index is -4.05. The number of aryl methyl sites for hydroxylation is 2. The topological polar surface area (TPSA) is 139 Å². The quantitative estimate of drug-likeness (QED) is 0.150. The summed E-state index contributed by atoms with van der Waals surface area (Å²) < 4.78 is 63.1. The number of carboxylic acid groups (broad SMARTS) is 1. The molecular formula is C33H28N2O7S2. The number of sulfonamides is 2. The maximum Gasteiger partial charge on any atom is 0.337 e. The average molecular weight is 629 g/mol. The molecule has 3 N–H and O–H groups in total. The summed E-state index contributed by atoms with van der Waals surface area (Å²) in [6, 6.07) is 30.5. The van der Waals surface area contributed by atoms with Crippen LogP contribution in [0.4, 0.5) is 11.4 Å². The van der Waals surface area contributed by atoms with Crippen molar-refractivity contribution in [2.24, 2.45) is 0 Å². The van der Waals surface area contributed by atoms with Crippen molar-refractivity contribution in [2.75, 3.05) is 9.44 Å². The van der Waals surface area contributed by atoms with E-state index in [9.17, 15) is 26.7 Å². The lowest BCUT2D eigenvalue weighted by atomic mass is 10.0. The lowest BCUT2D eigenvalue weighted by molar-refractivity contribution is 0.0697. The molecule has 0 unspecified atom stereocenters. The summed E-state index contributed by atoms with van der Waals surface area (Å²) in [6.07, 6.45) is 0. The molecule has 224 valence electrons. The second-order valence-corrected chi connectivity index (χ2v) is 13.4. The van der Waals surface area contributed by atoms with Gasteiger partial charge in [0.25, 0.3) is 20.0 Å². The fraction of sp³-hybridized carbons (Fsp3) is 0.0606. The van der Waals surface area contributed by atoms with E-state index >= 15 is 0 Å². The number of rotatable bonds is 10. The molecule has 0 aliphatic carbocycles. The molecule has 0 radical (unpaired) electrons. The molecule has 0 aliphatic rings. The molecular weight excluding hydrogens is 601 g/mol. The lowest BCUT2D eigenvalue weighted by Gasteiger charge is -2.16. The summed E-state index contributed by atoms with van der Waals surface area (Å²) in [5, 5.41) is 9.85. The predicted octanol–water partition coefficient (Wildman–Crippen LogP) is 7.06. The molecule has 0 bridgehead atoms. The van der Waals surface area contributed by atoms with Gasteiger partial charge in [-0.2, -0.15) is 0 Å². The van der Waals surface area contributed by atoms with Crippen LogP contribution >= 0.6 is 0 Å². The Morgan fingerprint density at radius 1 is 0.614 bits per heavy atom. The number of nitrogens with one attached hydrogen (secondary N) is 2. The molecule has 0 fully saturated rings. The zero-order valence-electron chi connectivity index (χ0n) is 23.7. The fourth-order valence-electron chi connectivity index (χ4n) is 4.36. The zero-order valence-corrected chi connectivity index (χ0v) is 25.3. The highest BCUT2D eigenvalue weighted by atomic mass is 32.2. The van der Waals surface area contributed by atoms with Gasteiger partial charge in [0.2, 0.25) is 0 Å². The molecule has 0 amide bonds. The summed E-state index contributed by atoms with van der Waals surface area (Å²) in [4.78, 5) is 12.2. The monoisotopic (exact) mass is 628 g/mol. The van der Waals surface area contributed by atoms with Crippen LogP contribution in [0.5, 0.6) is 11.5 Å². The third-order valence-corrected chi connectivity index (χ3v) is 9.45. The van der Waals surface area contributed by atoms with E-state index in [4.69, 9.17) is 4.74 Å². The van der Waals surface area contributed by atoms with Gasteiger partial charge in [0.15, 0.2) is 0 Å². The van der Waals surface area contributed by atoms with Crippen molar-refractivity contribution >= 4 is 37.4 Å². The standard InChI is InChI=1S/C33H28N2O7S2/c1-22-8-14-27(15-9-22)43(38,39)34-31-18-12-25(20-29(31)24-6-4-3-5-7-24)42-26-13-19-32(30(21-26)33(36)37)35-44(40,41)28-16-10-23(2)11-17-28/h3-21,34-35H,1-2H3,(H,36,37). The van der Waals surface area contributed by atoms with Crippen molar-refractivity contribution in [3.63, 3.8) is 0 Å². The zero-order chi connectivity index (χ0) is 31.5. The third kappa shape index (κ3) is 6.91. The molecule has 44 heavy (non-hydrogen) atoms. The van der Waals surface area contributed by atoms with Gasteiger partial charge in [0, 0.05) is 5.56 Å². The number of hydrogen-bond donors (Lipinski definition) is 3. The van der Waals surface area contributed by atoms with E-state index in [1.165, 1.54) is 42.5 Å². The van der Waals surface area contributed by atoms with Crippen LogP contribution in [0.1, 0.15) is 21.5 Å². The van der Waals surface area contributed by atoms with Crippen LogP contribution in [-0.4, -0.2) is 27.9 Å².